The van der Waals surface area contributed by atoms with E-state index in [1.807, 2.05) is 0 Å². The van der Waals surface area contributed by atoms with Crippen LogP contribution in [0, 0.1) is 11.6 Å². The summed E-state index contributed by atoms with van der Waals surface area (Å²) in [4.78, 5) is 14.2. The zero-order valence-electron chi connectivity index (χ0n) is 11.5. The van der Waals surface area contributed by atoms with Crippen LogP contribution in [0.25, 0.3) is 0 Å². The molecule has 0 saturated carbocycles. The largest absolute Gasteiger partial charge is 0.396 e. The zero-order valence-corrected chi connectivity index (χ0v) is 11.5. The third-order valence-electron chi connectivity index (χ3n) is 3.71. The van der Waals surface area contributed by atoms with Crippen LogP contribution in [-0.2, 0) is 0 Å². The lowest BCUT2D eigenvalue weighted by atomic mass is 10.1. The molecular formula is C14H19F2N3O. The minimum absolute atomic E-state index is 0.262. The van der Waals surface area contributed by atoms with Crippen molar-refractivity contribution in [2.45, 2.75) is 25.8 Å². The van der Waals surface area contributed by atoms with Crippen LogP contribution in [-0.4, -0.2) is 36.5 Å². The normalized spacial score (nSPS) is 19.2. The molecule has 1 atom stereocenters. The highest BCUT2D eigenvalue weighted by molar-refractivity contribution is 5.95. The van der Waals surface area contributed by atoms with Gasteiger partial charge in [0.2, 0.25) is 0 Å². The number of likely N-dealkylation sites (tertiary alicyclic amines) is 1. The van der Waals surface area contributed by atoms with E-state index in [1.165, 1.54) is 0 Å². The maximum absolute atomic E-state index is 13.7. The summed E-state index contributed by atoms with van der Waals surface area (Å²) < 4.78 is 26.9. The molecule has 1 unspecified atom stereocenters. The first-order valence-electron chi connectivity index (χ1n) is 6.79. The molecule has 4 nitrogen and oxygen atoms in total. The molecule has 110 valence electrons. The number of hydrogen-bond acceptors (Lipinski definition) is 3. The van der Waals surface area contributed by atoms with Crippen molar-refractivity contribution in [3.63, 3.8) is 0 Å². The van der Waals surface area contributed by atoms with E-state index >= 15 is 0 Å². The summed E-state index contributed by atoms with van der Waals surface area (Å²) in [5.41, 5.74) is 4.62. The summed E-state index contributed by atoms with van der Waals surface area (Å²) in [6, 6.07) is 1.99. The van der Waals surface area contributed by atoms with Crippen LogP contribution in [0.5, 0.6) is 0 Å². The summed E-state index contributed by atoms with van der Waals surface area (Å²) in [6.45, 7) is 4.43. The Labute approximate surface area is 116 Å². The van der Waals surface area contributed by atoms with Crippen LogP contribution < -0.4 is 11.1 Å². The molecular weight excluding hydrogens is 264 g/mol. The second-order valence-electron chi connectivity index (χ2n) is 4.99. The van der Waals surface area contributed by atoms with Gasteiger partial charge >= 0.3 is 0 Å². The van der Waals surface area contributed by atoms with Crippen molar-refractivity contribution in [1.82, 2.24) is 10.2 Å². The molecule has 1 saturated heterocycles. The quantitative estimate of drug-likeness (QED) is 0.828. The molecule has 0 aromatic heterocycles. The second-order valence-corrected chi connectivity index (χ2v) is 4.99. The number of nitrogens with one attached hydrogen (secondary N) is 1. The highest BCUT2D eigenvalue weighted by Gasteiger charge is 2.24. The van der Waals surface area contributed by atoms with Crippen LogP contribution in [0.1, 0.15) is 30.1 Å². The molecule has 0 spiro atoms. The molecule has 1 aromatic carbocycles. The van der Waals surface area contributed by atoms with Gasteiger partial charge in [-0.1, -0.05) is 6.92 Å². The average Bonchev–Trinajstić information content (AvgIpc) is 2.87. The molecule has 3 N–H and O–H groups in total. The Balaban J connectivity index is 2.02. The fraction of sp³-hybridized carbons (Fsp3) is 0.500. The fourth-order valence-electron chi connectivity index (χ4n) is 2.62. The van der Waals surface area contributed by atoms with Crippen LogP contribution >= 0.6 is 0 Å². The van der Waals surface area contributed by atoms with E-state index in [0.717, 1.165) is 38.1 Å². The van der Waals surface area contributed by atoms with Gasteiger partial charge in [0, 0.05) is 12.6 Å². The van der Waals surface area contributed by atoms with Crippen LogP contribution in [0.2, 0.25) is 0 Å². The van der Waals surface area contributed by atoms with Gasteiger partial charge in [-0.3, -0.25) is 9.69 Å². The van der Waals surface area contributed by atoms with Gasteiger partial charge in [0.25, 0.3) is 5.91 Å². The number of rotatable bonds is 4. The number of carbonyl (C=O) groups excluding carboxylic acids is 1. The molecule has 20 heavy (non-hydrogen) atoms. The number of nitrogens with two attached hydrogens (primary N) is 1. The fourth-order valence-corrected chi connectivity index (χ4v) is 2.62. The lowest BCUT2D eigenvalue weighted by molar-refractivity contribution is 0.0937. The molecule has 0 aliphatic carbocycles. The molecule has 0 radical (unpaired) electrons. The summed E-state index contributed by atoms with van der Waals surface area (Å²) in [6.07, 6.45) is 2.09. The molecule has 1 heterocycles. The number of carbonyl (C=O) groups is 1. The van der Waals surface area contributed by atoms with Crippen molar-refractivity contribution in [1.29, 1.82) is 0 Å². The Hall–Kier alpha value is -1.69. The lowest BCUT2D eigenvalue weighted by Crippen LogP contribution is -2.40. The average molecular weight is 283 g/mol. The van der Waals surface area contributed by atoms with E-state index in [1.54, 1.807) is 0 Å². The predicted molar refractivity (Wildman–Crippen MR) is 73.4 cm³/mol. The SMILES string of the molecule is CCN1CCCC1CNC(=O)c1cc(F)cc(N)c1F. The second kappa shape index (κ2) is 6.17. The standard InChI is InChI=1S/C14H19F2N3O/c1-2-19-5-3-4-10(19)8-18-14(20)11-6-9(15)7-12(17)13(11)16/h6-7,10H,2-5,8,17H2,1H3,(H,18,20). The summed E-state index contributed by atoms with van der Waals surface area (Å²) in [7, 11) is 0. The molecule has 1 amide bonds. The number of halogens is 2. The summed E-state index contributed by atoms with van der Waals surface area (Å²) >= 11 is 0. The molecule has 1 fully saturated rings. The minimum Gasteiger partial charge on any atom is -0.396 e. The van der Waals surface area contributed by atoms with Gasteiger partial charge in [-0.15, -0.1) is 0 Å². The summed E-state index contributed by atoms with van der Waals surface area (Å²) in [5.74, 6) is -2.22. The summed E-state index contributed by atoms with van der Waals surface area (Å²) in [5, 5.41) is 2.66. The van der Waals surface area contributed by atoms with Crippen LogP contribution in [0.3, 0.4) is 0 Å². The van der Waals surface area contributed by atoms with Gasteiger partial charge < -0.3 is 11.1 Å². The number of nitrogens with zero attached hydrogens (tertiary/aromatic N) is 1. The Bertz CT molecular complexity index is 507. The topological polar surface area (TPSA) is 58.4 Å². The first kappa shape index (κ1) is 14.7. The van der Waals surface area contributed by atoms with Crippen LogP contribution in [0.4, 0.5) is 14.5 Å². The first-order chi connectivity index (χ1) is 9.52. The van der Waals surface area contributed by atoms with Gasteiger partial charge in [0.1, 0.15) is 5.82 Å². The van der Waals surface area contributed by atoms with Gasteiger partial charge in [0.15, 0.2) is 5.82 Å². The van der Waals surface area contributed by atoms with Crippen LogP contribution in [0.15, 0.2) is 12.1 Å². The van der Waals surface area contributed by atoms with Crippen molar-refractivity contribution in [3.05, 3.63) is 29.3 Å². The Morgan fingerprint density at radius 1 is 1.50 bits per heavy atom. The highest BCUT2D eigenvalue weighted by Crippen LogP contribution is 2.18. The lowest BCUT2D eigenvalue weighted by Gasteiger charge is -2.22. The van der Waals surface area contributed by atoms with Crippen molar-refractivity contribution < 1.29 is 13.6 Å². The number of hydrogen-bond donors (Lipinski definition) is 2. The van der Waals surface area contributed by atoms with E-state index in [2.05, 4.69) is 17.1 Å². The molecule has 6 heteroatoms. The number of amides is 1. The number of anilines is 1. The predicted octanol–water partition coefficient (Wildman–Crippen LogP) is 1.76. The van der Waals surface area contributed by atoms with E-state index in [9.17, 15) is 13.6 Å². The molecule has 1 aliphatic rings. The van der Waals surface area contributed by atoms with Gasteiger partial charge in [-0.2, -0.15) is 0 Å². The van der Waals surface area contributed by atoms with Gasteiger partial charge in [-0.25, -0.2) is 8.78 Å². The van der Waals surface area contributed by atoms with Gasteiger partial charge in [-0.05, 0) is 38.1 Å². The third-order valence-corrected chi connectivity index (χ3v) is 3.71. The Kier molecular flexibility index (Phi) is 4.54. The smallest absolute Gasteiger partial charge is 0.254 e. The van der Waals surface area contributed by atoms with E-state index in [-0.39, 0.29) is 17.3 Å². The molecule has 0 bridgehead atoms. The first-order valence-corrected chi connectivity index (χ1v) is 6.79. The van der Waals surface area contributed by atoms with E-state index < -0.39 is 17.5 Å². The highest BCUT2D eigenvalue weighted by atomic mass is 19.1. The third kappa shape index (κ3) is 3.07. The Morgan fingerprint density at radius 3 is 2.95 bits per heavy atom. The molecule has 2 rings (SSSR count). The number of likely N-dealkylation sites (N-methyl/N-ethyl adjacent to an activating group) is 1. The number of nitrogen functional groups attached to an aromatic ring is 1. The maximum atomic E-state index is 13.7. The zero-order chi connectivity index (χ0) is 14.7. The van der Waals surface area contributed by atoms with Crippen molar-refractivity contribution in [3.8, 4) is 0 Å². The minimum atomic E-state index is -0.873. The van der Waals surface area contributed by atoms with E-state index in [4.69, 9.17) is 5.73 Å². The Morgan fingerprint density at radius 2 is 2.25 bits per heavy atom. The molecule has 1 aliphatic heterocycles. The van der Waals surface area contributed by atoms with Gasteiger partial charge in [0.05, 0.1) is 11.3 Å². The number of benzene rings is 1. The molecule has 1 aromatic rings. The van der Waals surface area contributed by atoms with Crippen molar-refractivity contribution in [2.24, 2.45) is 0 Å². The van der Waals surface area contributed by atoms with Crippen molar-refractivity contribution in [2.75, 3.05) is 25.4 Å². The monoisotopic (exact) mass is 283 g/mol. The maximum Gasteiger partial charge on any atom is 0.254 e. The van der Waals surface area contributed by atoms with E-state index in [0.29, 0.717) is 6.54 Å². The van der Waals surface area contributed by atoms with Crippen molar-refractivity contribution >= 4 is 11.6 Å².